The second-order valence-electron chi connectivity index (χ2n) is 12.9. The molecule has 1 saturated carbocycles. The third-order valence-corrected chi connectivity index (χ3v) is 10.2. The van der Waals surface area contributed by atoms with E-state index in [1.165, 1.54) is 37.7 Å². The van der Waals surface area contributed by atoms with E-state index in [2.05, 4.69) is 60.7 Å². The predicted octanol–water partition coefficient (Wildman–Crippen LogP) is 12.3. The molecule has 0 saturated heterocycles. The van der Waals surface area contributed by atoms with E-state index >= 15 is 0 Å². The molecule has 1 fully saturated rings. The van der Waals surface area contributed by atoms with Crippen LogP contribution in [0.1, 0.15) is 54.7 Å². The van der Waals surface area contributed by atoms with Gasteiger partial charge in [-0.05, 0) is 83.5 Å². The van der Waals surface area contributed by atoms with Crippen molar-refractivity contribution in [1.29, 1.82) is 10.5 Å². The highest BCUT2D eigenvalue weighted by molar-refractivity contribution is 6.08. The van der Waals surface area contributed by atoms with Gasteiger partial charge in [0.1, 0.15) is 34.5 Å². The van der Waals surface area contributed by atoms with Crippen LogP contribution >= 0.6 is 0 Å². The first-order valence-corrected chi connectivity index (χ1v) is 16.6. The fraction of sp³-hybridized carbons (Fsp3) is 0.136. The van der Waals surface area contributed by atoms with Crippen LogP contribution in [-0.2, 0) is 0 Å². The predicted molar refractivity (Wildman–Crippen MR) is 193 cm³/mol. The van der Waals surface area contributed by atoms with E-state index in [1.54, 1.807) is 0 Å². The fourth-order valence-electron chi connectivity index (χ4n) is 7.83. The molecule has 0 N–H and O–H groups in total. The first-order valence-electron chi connectivity index (χ1n) is 16.6. The molecule has 1 aliphatic rings. The van der Waals surface area contributed by atoms with Gasteiger partial charge in [-0.15, -0.1) is 0 Å². The maximum atomic E-state index is 10.9. The van der Waals surface area contributed by atoms with Gasteiger partial charge in [-0.2, -0.15) is 10.5 Å². The van der Waals surface area contributed by atoms with E-state index in [0.29, 0.717) is 22.6 Å². The molecule has 8 aromatic rings. The van der Waals surface area contributed by atoms with Crippen LogP contribution < -0.4 is 0 Å². The Labute approximate surface area is 278 Å². The normalized spacial score (nSPS) is 13.7. The van der Waals surface area contributed by atoms with E-state index in [1.807, 2.05) is 66.7 Å². The van der Waals surface area contributed by atoms with Gasteiger partial charge in [-0.1, -0.05) is 92.1 Å². The maximum Gasteiger partial charge on any atom is 0.135 e. The van der Waals surface area contributed by atoms with Crippen molar-refractivity contribution < 1.29 is 8.83 Å². The summed E-state index contributed by atoms with van der Waals surface area (Å²) >= 11 is 0. The standard InChI is InChI=1S/C44H30N2O2/c45-25-38-34(29-12-8-11-28(21-29)27-9-2-1-3-10-27)24-35(30-17-19-42-36(22-30)32-13-4-6-15-40(32)47-42)39(26-46)44(38)31-18-20-43-37(23-31)33-14-5-7-16-41(33)48-43/h4-8,11-24,27H,1-3,9-10H2. The summed E-state index contributed by atoms with van der Waals surface area (Å²) in [6.07, 6.45) is 6.18. The Balaban J connectivity index is 1.33. The molecule has 0 amide bonds. The Hall–Kier alpha value is -6.10. The topological polar surface area (TPSA) is 73.9 Å². The quantitative estimate of drug-likeness (QED) is 0.197. The molecule has 4 nitrogen and oxygen atoms in total. The lowest BCUT2D eigenvalue weighted by atomic mass is 9.81. The largest absolute Gasteiger partial charge is 0.456 e. The molecule has 2 aromatic heterocycles. The van der Waals surface area contributed by atoms with Gasteiger partial charge >= 0.3 is 0 Å². The van der Waals surface area contributed by atoms with Gasteiger partial charge in [0.2, 0.25) is 0 Å². The van der Waals surface area contributed by atoms with Crippen molar-refractivity contribution in [2.24, 2.45) is 0 Å². The van der Waals surface area contributed by atoms with E-state index in [-0.39, 0.29) is 0 Å². The van der Waals surface area contributed by atoms with Crippen LogP contribution in [0, 0.1) is 22.7 Å². The van der Waals surface area contributed by atoms with Crippen molar-refractivity contribution >= 4 is 43.9 Å². The fourth-order valence-corrected chi connectivity index (χ4v) is 7.83. The smallest absolute Gasteiger partial charge is 0.135 e. The van der Waals surface area contributed by atoms with E-state index in [4.69, 9.17) is 8.83 Å². The summed E-state index contributed by atoms with van der Waals surface area (Å²) in [5.41, 5.74) is 10.4. The van der Waals surface area contributed by atoms with Crippen LogP contribution in [-0.4, -0.2) is 0 Å². The highest BCUT2D eigenvalue weighted by Crippen LogP contribution is 2.44. The maximum absolute atomic E-state index is 10.9. The monoisotopic (exact) mass is 618 g/mol. The summed E-state index contributed by atoms with van der Waals surface area (Å²) in [7, 11) is 0. The zero-order valence-corrected chi connectivity index (χ0v) is 26.3. The van der Waals surface area contributed by atoms with Crippen LogP contribution in [0.3, 0.4) is 0 Å². The van der Waals surface area contributed by atoms with E-state index in [9.17, 15) is 10.5 Å². The molecule has 0 spiro atoms. The van der Waals surface area contributed by atoms with Gasteiger partial charge in [0, 0.05) is 38.2 Å². The van der Waals surface area contributed by atoms with Crippen molar-refractivity contribution in [3.05, 3.63) is 132 Å². The number of nitrogens with zero attached hydrogens (tertiary/aromatic N) is 2. The zero-order chi connectivity index (χ0) is 32.2. The van der Waals surface area contributed by atoms with Crippen LogP contribution in [0.25, 0.3) is 77.3 Å². The van der Waals surface area contributed by atoms with Crippen LogP contribution in [0.2, 0.25) is 0 Å². The minimum Gasteiger partial charge on any atom is -0.456 e. The Morgan fingerprint density at radius 2 is 1.02 bits per heavy atom. The molecule has 0 aliphatic heterocycles. The average molecular weight is 619 g/mol. The second kappa shape index (κ2) is 11.3. The first kappa shape index (κ1) is 28.1. The summed E-state index contributed by atoms with van der Waals surface area (Å²) in [4.78, 5) is 0. The molecule has 228 valence electrons. The third kappa shape index (κ3) is 4.49. The van der Waals surface area contributed by atoms with E-state index in [0.717, 1.165) is 71.7 Å². The Morgan fingerprint density at radius 1 is 0.479 bits per heavy atom. The first-order chi connectivity index (χ1) is 23.7. The van der Waals surface area contributed by atoms with Crippen molar-refractivity contribution in [1.82, 2.24) is 0 Å². The summed E-state index contributed by atoms with van der Waals surface area (Å²) in [5, 5.41) is 25.8. The summed E-state index contributed by atoms with van der Waals surface area (Å²) in [6, 6.07) is 44.0. The molecule has 0 radical (unpaired) electrons. The lowest BCUT2D eigenvalue weighted by molar-refractivity contribution is 0.444. The zero-order valence-electron chi connectivity index (χ0n) is 26.3. The Morgan fingerprint density at radius 3 is 1.65 bits per heavy atom. The van der Waals surface area contributed by atoms with Crippen molar-refractivity contribution in [3.8, 4) is 45.5 Å². The number of para-hydroxylation sites is 2. The minimum absolute atomic E-state index is 0.470. The summed E-state index contributed by atoms with van der Waals surface area (Å²) < 4.78 is 12.3. The van der Waals surface area contributed by atoms with Crippen LogP contribution in [0.4, 0.5) is 0 Å². The number of fused-ring (bicyclic) bond motifs is 6. The van der Waals surface area contributed by atoms with Crippen LogP contribution in [0.5, 0.6) is 0 Å². The van der Waals surface area contributed by atoms with Gasteiger partial charge in [-0.25, -0.2) is 0 Å². The van der Waals surface area contributed by atoms with Crippen molar-refractivity contribution in [2.75, 3.05) is 0 Å². The van der Waals surface area contributed by atoms with Gasteiger partial charge < -0.3 is 8.83 Å². The van der Waals surface area contributed by atoms with Crippen LogP contribution in [0.15, 0.2) is 124 Å². The van der Waals surface area contributed by atoms with Gasteiger partial charge in [0.25, 0.3) is 0 Å². The molecule has 0 atom stereocenters. The highest BCUT2D eigenvalue weighted by atomic mass is 16.3. The lowest BCUT2D eigenvalue weighted by Crippen LogP contribution is -2.04. The number of hydrogen-bond acceptors (Lipinski definition) is 4. The molecule has 48 heavy (non-hydrogen) atoms. The Bertz CT molecular complexity index is 2640. The van der Waals surface area contributed by atoms with Gasteiger partial charge in [-0.3, -0.25) is 0 Å². The second-order valence-corrected chi connectivity index (χ2v) is 12.9. The molecule has 1 aliphatic carbocycles. The van der Waals surface area contributed by atoms with E-state index < -0.39 is 0 Å². The molecular formula is C44H30N2O2. The third-order valence-electron chi connectivity index (χ3n) is 10.2. The number of rotatable bonds is 4. The van der Waals surface area contributed by atoms with Gasteiger partial charge in [0.15, 0.2) is 0 Å². The lowest BCUT2D eigenvalue weighted by Gasteiger charge is -2.23. The average Bonchev–Trinajstić information content (AvgIpc) is 3.72. The molecule has 6 aromatic carbocycles. The molecule has 4 heteroatoms. The number of furan rings is 2. The number of benzene rings is 6. The molecule has 0 bridgehead atoms. The summed E-state index contributed by atoms with van der Waals surface area (Å²) in [6.45, 7) is 0. The molecular weight excluding hydrogens is 588 g/mol. The molecule has 9 rings (SSSR count). The number of hydrogen-bond donors (Lipinski definition) is 0. The highest BCUT2D eigenvalue weighted by Gasteiger charge is 2.24. The molecule has 2 heterocycles. The van der Waals surface area contributed by atoms with Crippen molar-refractivity contribution in [2.45, 2.75) is 38.0 Å². The Kier molecular flexibility index (Phi) is 6.63. The SMILES string of the molecule is N#Cc1c(-c2cccc(C3CCCCC3)c2)cc(-c2ccc3oc4ccccc4c3c2)c(C#N)c1-c1ccc2oc3ccccc3c2c1. The van der Waals surface area contributed by atoms with Crippen molar-refractivity contribution in [3.63, 3.8) is 0 Å². The minimum atomic E-state index is 0.470. The molecule has 0 unspecified atom stereocenters. The summed E-state index contributed by atoms with van der Waals surface area (Å²) in [5.74, 6) is 0.523. The van der Waals surface area contributed by atoms with Gasteiger partial charge in [0.05, 0.1) is 11.1 Å². The number of nitriles is 2.